The van der Waals surface area contributed by atoms with Gasteiger partial charge in [-0.05, 0) is 6.07 Å². The molecule has 0 bridgehead atoms. The van der Waals surface area contributed by atoms with Gasteiger partial charge in [0.25, 0.3) is 0 Å². The number of esters is 1. The van der Waals surface area contributed by atoms with Crippen molar-refractivity contribution in [1.29, 1.82) is 0 Å². The summed E-state index contributed by atoms with van der Waals surface area (Å²) in [5.41, 5.74) is 0.792. The summed E-state index contributed by atoms with van der Waals surface area (Å²) < 4.78 is 4.54. The van der Waals surface area contributed by atoms with Crippen molar-refractivity contribution < 1.29 is 14.3 Å². The Kier molecular flexibility index (Phi) is 3.28. The van der Waals surface area contributed by atoms with E-state index in [-0.39, 0.29) is 18.6 Å². The molecule has 6 heteroatoms. The van der Waals surface area contributed by atoms with Crippen molar-refractivity contribution in [2.24, 2.45) is 0 Å². The molecular formula is C11H11ClN2O3. The minimum absolute atomic E-state index is 0.00294. The summed E-state index contributed by atoms with van der Waals surface area (Å²) in [6.07, 6.45) is 0.261. The number of fused-ring (bicyclic) bond motifs is 1. The number of nitrogens with zero attached hydrogens (tertiary/aromatic N) is 1. The molecule has 2 rings (SSSR count). The van der Waals surface area contributed by atoms with E-state index in [0.29, 0.717) is 11.0 Å². The number of methoxy groups -OCH3 is 1. The maximum absolute atomic E-state index is 11.8. The second kappa shape index (κ2) is 4.71. The van der Waals surface area contributed by atoms with Gasteiger partial charge in [-0.15, -0.1) is 0 Å². The summed E-state index contributed by atoms with van der Waals surface area (Å²) in [5.74, 6) is 0.0827. The summed E-state index contributed by atoms with van der Waals surface area (Å²) in [5, 5.41) is 3.26. The monoisotopic (exact) mass is 254 g/mol. The van der Waals surface area contributed by atoms with Crippen LogP contribution in [0.4, 0.5) is 5.82 Å². The second-order valence-electron chi connectivity index (χ2n) is 3.76. The normalized spacial score (nSPS) is 18.2. The van der Waals surface area contributed by atoms with Crippen molar-refractivity contribution in [3.63, 3.8) is 0 Å². The Morgan fingerprint density at radius 3 is 3.12 bits per heavy atom. The highest BCUT2D eigenvalue weighted by Gasteiger charge is 2.28. The predicted molar refractivity (Wildman–Crippen MR) is 62.0 cm³/mol. The first-order valence-corrected chi connectivity index (χ1v) is 5.49. The first-order valence-electron chi connectivity index (χ1n) is 5.11. The zero-order valence-corrected chi connectivity index (χ0v) is 9.95. The summed E-state index contributed by atoms with van der Waals surface area (Å²) in [6, 6.07) is 2.81. The number of nitrogens with one attached hydrogen (secondary N) is 1. The van der Waals surface area contributed by atoms with Gasteiger partial charge < -0.3 is 10.1 Å². The number of carbonyl (C=O) groups is 2. The fourth-order valence-electron chi connectivity index (χ4n) is 1.70. The van der Waals surface area contributed by atoms with Gasteiger partial charge in [-0.25, -0.2) is 4.98 Å². The lowest BCUT2D eigenvalue weighted by Crippen LogP contribution is -2.37. The van der Waals surface area contributed by atoms with E-state index in [1.807, 2.05) is 0 Å². The van der Waals surface area contributed by atoms with Crippen molar-refractivity contribution in [1.82, 2.24) is 4.98 Å². The van der Waals surface area contributed by atoms with Gasteiger partial charge in [0, 0.05) is 12.0 Å². The van der Waals surface area contributed by atoms with Crippen LogP contribution in [0.2, 0.25) is 5.15 Å². The smallest absolute Gasteiger partial charge is 0.308 e. The molecule has 1 atom stereocenters. The number of carbonyl (C=O) groups excluding carboxylic acids is 2. The molecule has 90 valence electrons. The highest BCUT2D eigenvalue weighted by Crippen LogP contribution is 2.24. The molecule has 1 aromatic heterocycles. The average Bonchev–Trinajstić information content (AvgIpc) is 2.30. The number of hydrogen-bond acceptors (Lipinski definition) is 5. The van der Waals surface area contributed by atoms with E-state index >= 15 is 0 Å². The first kappa shape index (κ1) is 11.9. The Hall–Kier alpha value is -1.62. The van der Waals surface area contributed by atoms with E-state index in [1.54, 1.807) is 12.1 Å². The first-order chi connectivity index (χ1) is 8.10. The van der Waals surface area contributed by atoms with E-state index in [9.17, 15) is 9.59 Å². The van der Waals surface area contributed by atoms with Crippen LogP contribution in [0.1, 0.15) is 12.0 Å². The van der Waals surface area contributed by atoms with Crippen molar-refractivity contribution in [3.8, 4) is 0 Å². The molecule has 0 amide bonds. The second-order valence-corrected chi connectivity index (χ2v) is 4.15. The number of hydrogen-bond donors (Lipinski definition) is 1. The molecular weight excluding hydrogens is 244 g/mol. The molecule has 17 heavy (non-hydrogen) atoms. The topological polar surface area (TPSA) is 68.3 Å². The van der Waals surface area contributed by atoms with Crippen LogP contribution in [0.15, 0.2) is 12.1 Å². The van der Waals surface area contributed by atoms with Crippen LogP contribution in [0, 0.1) is 0 Å². The Morgan fingerprint density at radius 1 is 1.65 bits per heavy atom. The van der Waals surface area contributed by atoms with E-state index in [1.165, 1.54) is 7.11 Å². The molecule has 5 nitrogen and oxygen atoms in total. The number of ether oxygens (including phenoxy) is 1. The molecule has 0 unspecified atom stereocenters. The zero-order chi connectivity index (χ0) is 12.4. The molecule has 0 radical (unpaired) electrons. The molecule has 0 saturated heterocycles. The number of pyridine rings is 1. The SMILES string of the molecule is COC(=O)C[C@@H]1Nc2nc(Cl)ccc2CC1=O. The van der Waals surface area contributed by atoms with Gasteiger partial charge in [-0.1, -0.05) is 17.7 Å². The number of Topliss-reactive ketones (excluding diaryl/α,β-unsaturated/α-hetero) is 1. The molecule has 1 N–H and O–H groups in total. The minimum atomic E-state index is -0.582. The van der Waals surface area contributed by atoms with Crippen LogP contribution in [-0.4, -0.2) is 29.9 Å². The van der Waals surface area contributed by atoms with E-state index in [4.69, 9.17) is 11.6 Å². The van der Waals surface area contributed by atoms with Gasteiger partial charge in [0.05, 0.1) is 19.6 Å². The Balaban J connectivity index is 2.19. The average molecular weight is 255 g/mol. The van der Waals surface area contributed by atoms with Crippen LogP contribution in [0.5, 0.6) is 0 Å². The number of aromatic nitrogens is 1. The number of ketones is 1. The van der Waals surface area contributed by atoms with Gasteiger partial charge in [0.1, 0.15) is 11.0 Å². The van der Waals surface area contributed by atoms with Crippen LogP contribution in [-0.2, 0) is 20.7 Å². The van der Waals surface area contributed by atoms with Crippen molar-refractivity contribution in [2.75, 3.05) is 12.4 Å². The van der Waals surface area contributed by atoms with Gasteiger partial charge in [-0.3, -0.25) is 9.59 Å². The zero-order valence-electron chi connectivity index (χ0n) is 9.20. The Labute approximate surface area is 103 Å². The lowest BCUT2D eigenvalue weighted by molar-refractivity contribution is -0.142. The van der Waals surface area contributed by atoms with Crippen LogP contribution >= 0.6 is 11.6 Å². The standard InChI is InChI=1S/C11H11ClN2O3/c1-17-10(16)5-7-8(15)4-6-2-3-9(12)14-11(6)13-7/h2-3,7H,4-5H2,1H3,(H,13,14)/t7-/m0/s1. The highest BCUT2D eigenvalue weighted by atomic mass is 35.5. The maximum atomic E-state index is 11.8. The number of rotatable bonds is 2. The molecule has 1 aliphatic heterocycles. The molecule has 0 fully saturated rings. The molecule has 0 spiro atoms. The maximum Gasteiger partial charge on any atom is 0.308 e. The van der Waals surface area contributed by atoms with E-state index in [2.05, 4.69) is 15.0 Å². The van der Waals surface area contributed by atoms with Gasteiger partial charge in [0.2, 0.25) is 0 Å². The van der Waals surface area contributed by atoms with E-state index in [0.717, 1.165) is 5.56 Å². The van der Waals surface area contributed by atoms with Gasteiger partial charge >= 0.3 is 5.97 Å². The number of anilines is 1. The third-order valence-corrected chi connectivity index (χ3v) is 2.82. The van der Waals surface area contributed by atoms with Crippen molar-refractivity contribution in [3.05, 3.63) is 22.8 Å². The third kappa shape index (κ3) is 2.55. The van der Waals surface area contributed by atoms with Crippen LogP contribution in [0.3, 0.4) is 0 Å². The summed E-state index contributed by atoms with van der Waals surface area (Å²) in [6.45, 7) is 0. The van der Waals surface area contributed by atoms with Gasteiger partial charge in [-0.2, -0.15) is 0 Å². The Bertz CT molecular complexity index is 476. The van der Waals surface area contributed by atoms with Crippen LogP contribution in [0.25, 0.3) is 0 Å². The predicted octanol–water partition coefficient (Wildman–Crippen LogP) is 1.20. The van der Waals surface area contributed by atoms with Crippen molar-refractivity contribution in [2.45, 2.75) is 18.9 Å². The third-order valence-electron chi connectivity index (χ3n) is 2.61. The summed E-state index contributed by atoms with van der Waals surface area (Å²) in [7, 11) is 1.29. The highest BCUT2D eigenvalue weighted by molar-refractivity contribution is 6.29. The fraction of sp³-hybridized carbons (Fsp3) is 0.364. The molecule has 2 heterocycles. The molecule has 1 aliphatic rings. The molecule has 0 aromatic carbocycles. The van der Waals surface area contributed by atoms with Gasteiger partial charge in [0.15, 0.2) is 5.78 Å². The largest absolute Gasteiger partial charge is 0.469 e. The van der Waals surface area contributed by atoms with Crippen LogP contribution < -0.4 is 5.32 Å². The lowest BCUT2D eigenvalue weighted by Gasteiger charge is -2.24. The number of halogens is 1. The summed E-state index contributed by atoms with van der Waals surface area (Å²) in [4.78, 5) is 27.0. The lowest BCUT2D eigenvalue weighted by atomic mass is 9.97. The quantitative estimate of drug-likeness (QED) is 0.635. The molecule has 0 saturated carbocycles. The van der Waals surface area contributed by atoms with Crippen molar-refractivity contribution >= 4 is 29.2 Å². The van der Waals surface area contributed by atoms with E-state index < -0.39 is 12.0 Å². The molecule has 0 aliphatic carbocycles. The Morgan fingerprint density at radius 2 is 2.41 bits per heavy atom. The minimum Gasteiger partial charge on any atom is -0.469 e. The fourth-order valence-corrected chi connectivity index (χ4v) is 1.85. The molecule has 1 aromatic rings. The summed E-state index contributed by atoms with van der Waals surface area (Å²) >= 11 is 5.77.